The first-order valence-electron chi connectivity index (χ1n) is 13.5. The average molecular weight is 460 g/mol. The largest absolute Gasteiger partial charge is 0.469 e. The molecule has 4 aliphatic carbocycles. The van der Waals surface area contributed by atoms with Crippen LogP contribution in [0.15, 0.2) is 0 Å². The molecule has 0 unspecified atom stereocenters. The van der Waals surface area contributed by atoms with E-state index in [0.29, 0.717) is 23.7 Å². The molecule has 5 rings (SSSR count). The second-order valence-corrected chi connectivity index (χ2v) is 12.7. The van der Waals surface area contributed by atoms with Crippen molar-refractivity contribution in [2.75, 3.05) is 20.2 Å². The number of rotatable bonds is 2. The van der Waals surface area contributed by atoms with Gasteiger partial charge in [0.05, 0.1) is 13.0 Å². The normalized spacial score (nSPS) is 47.9. The zero-order valence-corrected chi connectivity index (χ0v) is 21.0. The lowest BCUT2D eigenvalue weighted by atomic mass is 9.42. The number of carbonyl (C=O) groups excluding carboxylic acids is 2. The van der Waals surface area contributed by atoms with Crippen LogP contribution in [0, 0.1) is 40.4 Å². The Labute approximate surface area is 199 Å². The van der Waals surface area contributed by atoms with Crippen molar-refractivity contribution in [3.05, 3.63) is 0 Å². The Kier molecular flexibility index (Phi) is 5.88. The quantitative estimate of drug-likeness (QED) is 0.616. The van der Waals surface area contributed by atoms with Gasteiger partial charge < -0.3 is 21.1 Å². The molecule has 0 spiro atoms. The van der Waals surface area contributed by atoms with Gasteiger partial charge in [-0.25, -0.2) is 0 Å². The number of amides is 1. The number of nitrogens with zero attached hydrogens (tertiary/aromatic N) is 1. The zero-order chi connectivity index (χ0) is 23.6. The molecule has 0 aromatic heterocycles. The fourth-order valence-electron chi connectivity index (χ4n) is 9.45. The summed E-state index contributed by atoms with van der Waals surface area (Å²) in [6.45, 7) is 6.44. The summed E-state index contributed by atoms with van der Waals surface area (Å²) in [6, 6.07) is 0.258. The zero-order valence-electron chi connectivity index (χ0n) is 21.0. The van der Waals surface area contributed by atoms with E-state index in [4.69, 9.17) is 16.2 Å². The van der Waals surface area contributed by atoms with E-state index in [2.05, 4.69) is 18.7 Å². The van der Waals surface area contributed by atoms with Gasteiger partial charge in [-0.3, -0.25) is 9.59 Å². The minimum atomic E-state index is -0.276. The molecule has 8 atom stereocenters. The van der Waals surface area contributed by atoms with E-state index >= 15 is 0 Å². The van der Waals surface area contributed by atoms with Crippen LogP contribution < -0.4 is 11.5 Å². The molecule has 33 heavy (non-hydrogen) atoms. The standard InChI is InChI=1S/C27H45N3O3/c1-25-11-6-17(23(31)30-14-9-19(28)10-15-30)16-18(25)4-5-21-20(25)7-12-26(2)22(24(32)33-3)8-13-27(21,26)29/h17-22H,4-16,28-29H2,1-3H3/t17-,18+,20-,21+,22+,25-,26+,27-/m0/s1. The number of ether oxygens (including phenoxy) is 1. The van der Waals surface area contributed by atoms with Crippen LogP contribution in [0.1, 0.15) is 84.5 Å². The number of fused-ring (bicyclic) bond motifs is 5. The van der Waals surface area contributed by atoms with Crippen molar-refractivity contribution < 1.29 is 14.3 Å². The molecule has 6 nitrogen and oxygen atoms in total. The molecule has 0 aromatic carbocycles. The van der Waals surface area contributed by atoms with E-state index in [1.54, 1.807) is 0 Å². The average Bonchev–Trinajstić information content (AvgIpc) is 3.09. The molecule has 6 heteroatoms. The van der Waals surface area contributed by atoms with Crippen LogP contribution in [-0.2, 0) is 14.3 Å². The van der Waals surface area contributed by atoms with Crippen LogP contribution in [0.2, 0.25) is 0 Å². The van der Waals surface area contributed by atoms with E-state index in [-0.39, 0.29) is 40.2 Å². The summed E-state index contributed by atoms with van der Waals surface area (Å²) in [5, 5.41) is 0. The van der Waals surface area contributed by atoms with Gasteiger partial charge in [0.1, 0.15) is 0 Å². The predicted molar refractivity (Wildman–Crippen MR) is 128 cm³/mol. The van der Waals surface area contributed by atoms with Crippen LogP contribution in [0.25, 0.3) is 0 Å². The smallest absolute Gasteiger partial charge is 0.309 e. The molecule has 0 radical (unpaired) electrons. The lowest BCUT2D eigenvalue weighted by molar-refractivity contribution is -0.160. The summed E-state index contributed by atoms with van der Waals surface area (Å²) in [5.41, 5.74) is 13.2. The molecule has 5 aliphatic rings. The van der Waals surface area contributed by atoms with Crippen LogP contribution in [0.3, 0.4) is 0 Å². The number of carbonyl (C=O) groups is 2. The SMILES string of the molecule is COC(=O)[C@H]1CC[C@]2(N)[C@@H]3CC[C@@H]4C[C@@H](C(=O)N5CCC(N)CC5)CC[C@]4(C)[C@H]3CC[C@]12C. The molecule has 5 fully saturated rings. The van der Waals surface area contributed by atoms with Crippen LogP contribution >= 0.6 is 0 Å². The third-order valence-corrected chi connectivity index (χ3v) is 11.7. The Morgan fingerprint density at radius 3 is 2.33 bits per heavy atom. The molecule has 0 bridgehead atoms. The fourth-order valence-corrected chi connectivity index (χ4v) is 9.45. The molecular weight excluding hydrogens is 414 g/mol. The minimum Gasteiger partial charge on any atom is -0.469 e. The first-order chi connectivity index (χ1) is 15.6. The number of esters is 1. The topological polar surface area (TPSA) is 98.6 Å². The molecule has 1 aliphatic heterocycles. The van der Waals surface area contributed by atoms with E-state index in [1.165, 1.54) is 13.5 Å². The van der Waals surface area contributed by atoms with Gasteiger partial charge in [-0.1, -0.05) is 13.8 Å². The van der Waals surface area contributed by atoms with E-state index in [1.807, 2.05) is 0 Å². The van der Waals surface area contributed by atoms with Crippen LogP contribution in [0.5, 0.6) is 0 Å². The Bertz CT molecular complexity index is 795. The fraction of sp³-hybridized carbons (Fsp3) is 0.926. The van der Waals surface area contributed by atoms with Crippen molar-refractivity contribution >= 4 is 11.9 Å². The van der Waals surface area contributed by atoms with E-state index < -0.39 is 0 Å². The Morgan fingerprint density at radius 2 is 1.64 bits per heavy atom. The number of hydrogen-bond donors (Lipinski definition) is 2. The first-order valence-corrected chi connectivity index (χ1v) is 13.5. The van der Waals surface area contributed by atoms with Crippen molar-refractivity contribution in [1.29, 1.82) is 0 Å². The van der Waals surface area contributed by atoms with Gasteiger partial charge in [-0.15, -0.1) is 0 Å². The monoisotopic (exact) mass is 459 g/mol. The van der Waals surface area contributed by atoms with Crippen molar-refractivity contribution in [3.8, 4) is 0 Å². The lowest BCUT2D eigenvalue weighted by Crippen LogP contribution is -2.66. The number of likely N-dealkylation sites (tertiary alicyclic amines) is 1. The summed E-state index contributed by atoms with van der Waals surface area (Å²) in [7, 11) is 1.51. The second-order valence-electron chi connectivity index (χ2n) is 12.7. The van der Waals surface area contributed by atoms with E-state index in [0.717, 1.165) is 77.3 Å². The Morgan fingerprint density at radius 1 is 0.909 bits per heavy atom. The summed E-state index contributed by atoms with van der Waals surface area (Å²) in [5.74, 6) is 2.13. The molecule has 0 aromatic rings. The number of piperidine rings is 1. The molecular formula is C27H45N3O3. The number of methoxy groups -OCH3 is 1. The van der Waals surface area contributed by atoms with Gasteiger partial charge in [0.15, 0.2) is 0 Å². The highest BCUT2D eigenvalue weighted by atomic mass is 16.5. The molecule has 186 valence electrons. The number of nitrogens with two attached hydrogens (primary N) is 2. The summed E-state index contributed by atoms with van der Waals surface area (Å²) < 4.78 is 5.19. The van der Waals surface area contributed by atoms with Gasteiger partial charge in [0, 0.05) is 30.6 Å². The van der Waals surface area contributed by atoms with Crippen molar-refractivity contribution in [2.45, 2.75) is 96.1 Å². The Hall–Kier alpha value is -1.14. The highest BCUT2D eigenvalue weighted by molar-refractivity contribution is 5.79. The van der Waals surface area contributed by atoms with Crippen LogP contribution in [0.4, 0.5) is 0 Å². The summed E-state index contributed by atoms with van der Waals surface area (Å²) in [4.78, 5) is 28.0. The maximum Gasteiger partial charge on any atom is 0.309 e. The summed E-state index contributed by atoms with van der Waals surface area (Å²) >= 11 is 0. The van der Waals surface area contributed by atoms with Gasteiger partial charge in [0.2, 0.25) is 5.91 Å². The lowest BCUT2D eigenvalue weighted by Gasteiger charge is -2.64. The summed E-state index contributed by atoms with van der Waals surface area (Å²) in [6.07, 6.45) is 11.3. The predicted octanol–water partition coefficient (Wildman–Crippen LogP) is 3.47. The maximum atomic E-state index is 13.3. The molecule has 1 saturated heterocycles. The van der Waals surface area contributed by atoms with Gasteiger partial charge in [0.25, 0.3) is 0 Å². The van der Waals surface area contributed by atoms with E-state index in [9.17, 15) is 9.59 Å². The minimum absolute atomic E-state index is 0.0648. The first kappa shape index (κ1) is 23.6. The second kappa shape index (κ2) is 8.22. The third kappa shape index (κ3) is 3.41. The van der Waals surface area contributed by atoms with Gasteiger partial charge >= 0.3 is 5.97 Å². The van der Waals surface area contributed by atoms with Crippen molar-refractivity contribution in [3.63, 3.8) is 0 Å². The highest BCUT2D eigenvalue weighted by Crippen LogP contribution is 2.68. The molecule has 1 amide bonds. The molecule has 4 N–H and O–H groups in total. The van der Waals surface area contributed by atoms with Crippen molar-refractivity contribution in [1.82, 2.24) is 4.90 Å². The molecule has 1 heterocycles. The highest BCUT2D eigenvalue weighted by Gasteiger charge is 2.67. The van der Waals surface area contributed by atoms with Crippen molar-refractivity contribution in [2.24, 2.45) is 51.9 Å². The Balaban J connectivity index is 1.31. The third-order valence-electron chi connectivity index (χ3n) is 11.7. The maximum absolute atomic E-state index is 13.3. The van der Waals surface area contributed by atoms with Gasteiger partial charge in [-0.2, -0.15) is 0 Å². The van der Waals surface area contributed by atoms with Crippen LogP contribution in [-0.4, -0.2) is 48.6 Å². The molecule has 4 saturated carbocycles. The number of hydrogen-bond acceptors (Lipinski definition) is 5. The van der Waals surface area contributed by atoms with Gasteiger partial charge in [-0.05, 0) is 99.2 Å².